The second-order valence-corrected chi connectivity index (χ2v) is 6.13. The fraction of sp³-hybridized carbons (Fsp3) is 0.333. The Kier molecular flexibility index (Phi) is 5.42. The molecule has 0 spiro atoms. The number of benzene rings is 1. The molecule has 0 amide bonds. The molecule has 112 valence electrons. The van der Waals surface area contributed by atoms with Gasteiger partial charge in [0.25, 0.3) is 0 Å². The molecule has 1 heterocycles. The lowest BCUT2D eigenvalue weighted by Gasteiger charge is -2.12. The van der Waals surface area contributed by atoms with E-state index in [9.17, 15) is 0 Å². The van der Waals surface area contributed by atoms with Crippen LogP contribution in [0.3, 0.4) is 0 Å². The van der Waals surface area contributed by atoms with E-state index in [1.807, 2.05) is 32.9 Å². The summed E-state index contributed by atoms with van der Waals surface area (Å²) in [5, 5.41) is 3.72. The smallest absolute Gasteiger partial charge is 0.224 e. The first-order chi connectivity index (χ1) is 9.99. The van der Waals surface area contributed by atoms with E-state index in [1.165, 1.54) is 0 Å². The predicted molar refractivity (Wildman–Crippen MR) is 89.5 cm³/mol. The van der Waals surface area contributed by atoms with Crippen molar-refractivity contribution in [3.8, 4) is 11.6 Å². The van der Waals surface area contributed by atoms with E-state index < -0.39 is 0 Å². The zero-order valence-corrected chi connectivity index (χ0v) is 14.5. The monoisotopic (exact) mass is 369 g/mol. The number of halogens is 2. The molecule has 2 aromatic rings. The van der Waals surface area contributed by atoms with Gasteiger partial charge in [0.1, 0.15) is 17.4 Å². The SMILES string of the molecule is CCNc1cc(Oc2cc(Br)ccc2Cl)nc(C(C)C)n1. The first-order valence-corrected chi connectivity index (χ1v) is 7.92. The van der Waals surface area contributed by atoms with Crippen molar-refractivity contribution >= 4 is 33.3 Å². The Morgan fingerprint density at radius 2 is 2.05 bits per heavy atom. The Labute approximate surface area is 138 Å². The van der Waals surface area contributed by atoms with Gasteiger partial charge in [0, 0.05) is 23.0 Å². The second kappa shape index (κ2) is 7.09. The molecule has 0 saturated carbocycles. The Morgan fingerprint density at radius 3 is 2.71 bits per heavy atom. The van der Waals surface area contributed by atoms with Gasteiger partial charge in [-0.25, -0.2) is 4.98 Å². The molecule has 21 heavy (non-hydrogen) atoms. The molecule has 0 radical (unpaired) electrons. The molecule has 1 N–H and O–H groups in total. The maximum absolute atomic E-state index is 6.14. The largest absolute Gasteiger partial charge is 0.437 e. The van der Waals surface area contributed by atoms with Crippen LogP contribution in [0, 0.1) is 0 Å². The van der Waals surface area contributed by atoms with Gasteiger partial charge in [-0.15, -0.1) is 0 Å². The first-order valence-electron chi connectivity index (χ1n) is 6.75. The average Bonchev–Trinajstić information content (AvgIpc) is 2.43. The second-order valence-electron chi connectivity index (χ2n) is 4.81. The van der Waals surface area contributed by atoms with E-state index in [0.29, 0.717) is 16.7 Å². The molecular weight excluding hydrogens is 354 g/mol. The van der Waals surface area contributed by atoms with E-state index in [0.717, 1.165) is 22.7 Å². The molecule has 1 aromatic carbocycles. The molecule has 1 aromatic heterocycles. The van der Waals surface area contributed by atoms with E-state index in [4.69, 9.17) is 16.3 Å². The fourth-order valence-electron chi connectivity index (χ4n) is 1.69. The van der Waals surface area contributed by atoms with Crippen molar-refractivity contribution in [3.63, 3.8) is 0 Å². The highest BCUT2D eigenvalue weighted by molar-refractivity contribution is 9.10. The molecule has 0 saturated heterocycles. The summed E-state index contributed by atoms with van der Waals surface area (Å²) >= 11 is 9.55. The van der Waals surface area contributed by atoms with E-state index in [-0.39, 0.29) is 5.92 Å². The lowest BCUT2D eigenvalue weighted by molar-refractivity contribution is 0.457. The number of anilines is 1. The summed E-state index contributed by atoms with van der Waals surface area (Å²) in [5.74, 6) is 2.72. The van der Waals surface area contributed by atoms with Gasteiger partial charge < -0.3 is 10.1 Å². The molecule has 0 aliphatic rings. The van der Waals surface area contributed by atoms with Crippen LogP contribution in [0.15, 0.2) is 28.7 Å². The Balaban J connectivity index is 2.36. The van der Waals surface area contributed by atoms with Gasteiger partial charge >= 0.3 is 0 Å². The number of nitrogens with one attached hydrogen (secondary N) is 1. The lowest BCUT2D eigenvalue weighted by Crippen LogP contribution is -2.06. The summed E-state index contributed by atoms with van der Waals surface area (Å²) in [5.41, 5.74) is 0. The van der Waals surface area contributed by atoms with Gasteiger partial charge in [-0.05, 0) is 25.1 Å². The van der Waals surface area contributed by atoms with Gasteiger partial charge in [-0.1, -0.05) is 41.4 Å². The van der Waals surface area contributed by atoms with Crippen molar-refractivity contribution in [2.24, 2.45) is 0 Å². The summed E-state index contributed by atoms with van der Waals surface area (Å²) < 4.78 is 6.71. The molecule has 6 heteroatoms. The van der Waals surface area contributed by atoms with Crippen LogP contribution in [0.1, 0.15) is 32.5 Å². The normalized spacial score (nSPS) is 10.8. The zero-order valence-electron chi connectivity index (χ0n) is 12.2. The van der Waals surface area contributed by atoms with Crippen LogP contribution in [-0.2, 0) is 0 Å². The number of aromatic nitrogens is 2. The quantitative estimate of drug-likeness (QED) is 0.782. The van der Waals surface area contributed by atoms with Gasteiger partial charge in [0.05, 0.1) is 5.02 Å². The standard InChI is InChI=1S/C15H17BrClN3O/c1-4-18-13-8-14(20-15(19-13)9(2)3)21-12-7-10(16)5-6-11(12)17/h5-9H,4H2,1-3H3,(H,18,19,20). The van der Waals surface area contributed by atoms with E-state index >= 15 is 0 Å². The van der Waals surface area contributed by atoms with Crippen LogP contribution in [0.5, 0.6) is 11.6 Å². The highest BCUT2D eigenvalue weighted by Gasteiger charge is 2.11. The minimum Gasteiger partial charge on any atom is -0.437 e. The van der Waals surface area contributed by atoms with Crippen molar-refractivity contribution < 1.29 is 4.74 Å². The van der Waals surface area contributed by atoms with Gasteiger partial charge in [0.2, 0.25) is 5.88 Å². The van der Waals surface area contributed by atoms with Crippen molar-refractivity contribution in [1.82, 2.24) is 9.97 Å². The molecule has 0 aliphatic heterocycles. The van der Waals surface area contributed by atoms with Gasteiger partial charge in [0.15, 0.2) is 0 Å². The van der Waals surface area contributed by atoms with Crippen molar-refractivity contribution in [2.75, 3.05) is 11.9 Å². The first kappa shape index (κ1) is 16.0. The summed E-state index contributed by atoms with van der Waals surface area (Å²) in [6.45, 7) is 6.89. The summed E-state index contributed by atoms with van der Waals surface area (Å²) in [6.07, 6.45) is 0. The van der Waals surface area contributed by atoms with Crippen molar-refractivity contribution in [2.45, 2.75) is 26.7 Å². The van der Waals surface area contributed by atoms with Crippen LogP contribution in [-0.4, -0.2) is 16.5 Å². The molecule has 4 nitrogen and oxygen atoms in total. The molecule has 0 unspecified atom stereocenters. The highest BCUT2D eigenvalue weighted by atomic mass is 79.9. The van der Waals surface area contributed by atoms with Gasteiger partial charge in [-0.2, -0.15) is 4.98 Å². The van der Waals surface area contributed by atoms with E-state index in [1.54, 1.807) is 12.1 Å². The van der Waals surface area contributed by atoms with Crippen molar-refractivity contribution in [1.29, 1.82) is 0 Å². The molecular formula is C15H17BrClN3O. The van der Waals surface area contributed by atoms with Crippen LogP contribution >= 0.6 is 27.5 Å². The third kappa shape index (κ3) is 4.32. The highest BCUT2D eigenvalue weighted by Crippen LogP contribution is 2.32. The van der Waals surface area contributed by atoms with Crippen LogP contribution in [0.25, 0.3) is 0 Å². The molecule has 0 aliphatic carbocycles. The number of rotatable bonds is 5. The maximum Gasteiger partial charge on any atom is 0.224 e. The number of ether oxygens (including phenoxy) is 1. The zero-order chi connectivity index (χ0) is 15.4. The number of hydrogen-bond donors (Lipinski definition) is 1. The Morgan fingerprint density at radius 1 is 1.29 bits per heavy atom. The van der Waals surface area contributed by atoms with Crippen LogP contribution in [0.4, 0.5) is 5.82 Å². The van der Waals surface area contributed by atoms with Crippen LogP contribution in [0.2, 0.25) is 5.02 Å². The minimum atomic E-state index is 0.212. The summed E-state index contributed by atoms with van der Waals surface area (Å²) in [6, 6.07) is 7.22. The van der Waals surface area contributed by atoms with Gasteiger partial charge in [-0.3, -0.25) is 0 Å². The van der Waals surface area contributed by atoms with Crippen molar-refractivity contribution in [3.05, 3.63) is 39.6 Å². The van der Waals surface area contributed by atoms with Crippen LogP contribution < -0.4 is 10.1 Å². The average molecular weight is 371 g/mol. The minimum absolute atomic E-state index is 0.212. The lowest BCUT2D eigenvalue weighted by atomic mass is 10.2. The third-order valence-corrected chi connectivity index (χ3v) is 3.51. The Bertz CT molecular complexity index is 634. The third-order valence-electron chi connectivity index (χ3n) is 2.70. The topological polar surface area (TPSA) is 47.0 Å². The van der Waals surface area contributed by atoms with E-state index in [2.05, 4.69) is 31.2 Å². The molecule has 0 atom stereocenters. The Hall–Kier alpha value is -1.33. The molecule has 0 fully saturated rings. The summed E-state index contributed by atoms with van der Waals surface area (Å²) in [4.78, 5) is 8.89. The number of nitrogens with zero attached hydrogens (tertiary/aromatic N) is 2. The summed E-state index contributed by atoms with van der Waals surface area (Å²) in [7, 11) is 0. The maximum atomic E-state index is 6.14. The fourth-order valence-corrected chi connectivity index (χ4v) is 2.19. The molecule has 2 rings (SSSR count). The molecule has 0 bridgehead atoms. The number of hydrogen-bond acceptors (Lipinski definition) is 4. The predicted octanol–water partition coefficient (Wildman–Crippen LogP) is 5.24.